The smallest absolute Gasteiger partial charge is 0.265 e. The van der Waals surface area contributed by atoms with Gasteiger partial charge < -0.3 is 10.2 Å². The van der Waals surface area contributed by atoms with Crippen LogP contribution in [0, 0.1) is 17.3 Å². The summed E-state index contributed by atoms with van der Waals surface area (Å²) in [7, 11) is 0. The summed E-state index contributed by atoms with van der Waals surface area (Å²) in [5.41, 5.74) is 0.752. The van der Waals surface area contributed by atoms with E-state index in [0.717, 1.165) is 69.0 Å². The number of pyridine rings is 2. The molecule has 3 aliphatic rings. The van der Waals surface area contributed by atoms with E-state index in [1.54, 1.807) is 0 Å². The normalized spacial score (nSPS) is 22.7. The van der Waals surface area contributed by atoms with Crippen molar-refractivity contribution in [3.8, 4) is 0 Å². The van der Waals surface area contributed by atoms with Crippen LogP contribution in [0.4, 0.5) is 17.5 Å². The largest absolute Gasteiger partial charge is 0.370 e. The summed E-state index contributed by atoms with van der Waals surface area (Å²) in [6.07, 6.45) is 6.03. The second kappa shape index (κ2) is 10.9. The maximum Gasteiger partial charge on any atom is 0.265 e. The third-order valence-electron chi connectivity index (χ3n) is 7.59. The van der Waals surface area contributed by atoms with Crippen LogP contribution in [0.25, 0.3) is 0 Å². The van der Waals surface area contributed by atoms with Gasteiger partial charge in [-0.3, -0.25) is 19.2 Å². The summed E-state index contributed by atoms with van der Waals surface area (Å²) in [5, 5.41) is 4.13. The van der Waals surface area contributed by atoms with Gasteiger partial charge in [0.05, 0.1) is 5.56 Å². The Morgan fingerprint density at radius 1 is 1.05 bits per heavy atom. The molecule has 4 bridgehead atoms. The molecule has 3 aliphatic heterocycles. The Bertz CT molecular complexity index is 1150. The maximum atomic E-state index is 13.3. The number of nitrogens with zero attached hydrogens (tertiary/aromatic N) is 4. The van der Waals surface area contributed by atoms with Crippen molar-refractivity contribution >= 4 is 41.2 Å². The van der Waals surface area contributed by atoms with Crippen LogP contribution in [-0.2, 0) is 4.79 Å². The van der Waals surface area contributed by atoms with Crippen LogP contribution >= 0.6 is 11.9 Å². The number of fused-ring (bicyclic) bond motifs is 6. The van der Waals surface area contributed by atoms with Crippen LogP contribution in [-0.4, -0.2) is 48.0 Å². The molecule has 2 fully saturated rings. The summed E-state index contributed by atoms with van der Waals surface area (Å²) in [6, 6.07) is 9.45. The highest BCUT2D eigenvalue weighted by molar-refractivity contribution is 7.97. The van der Waals surface area contributed by atoms with Gasteiger partial charge in [-0.25, -0.2) is 9.97 Å². The third-order valence-corrected chi connectivity index (χ3v) is 8.32. The Hall–Kier alpha value is -2.81. The molecule has 37 heavy (non-hydrogen) atoms. The van der Waals surface area contributed by atoms with E-state index in [1.807, 2.05) is 35.2 Å². The van der Waals surface area contributed by atoms with E-state index < -0.39 is 0 Å². The molecule has 0 aliphatic carbocycles. The van der Waals surface area contributed by atoms with Gasteiger partial charge in [0.15, 0.2) is 0 Å². The molecule has 5 heterocycles. The first-order valence-electron chi connectivity index (χ1n) is 13.5. The first kappa shape index (κ1) is 25.8. The van der Waals surface area contributed by atoms with Crippen molar-refractivity contribution in [2.24, 2.45) is 17.3 Å². The zero-order chi connectivity index (χ0) is 26.0. The van der Waals surface area contributed by atoms with Gasteiger partial charge in [-0.15, -0.1) is 0 Å². The van der Waals surface area contributed by atoms with E-state index in [2.05, 4.69) is 40.7 Å². The molecule has 1 unspecified atom stereocenters. The zero-order valence-corrected chi connectivity index (χ0v) is 22.9. The molecule has 2 amide bonds. The summed E-state index contributed by atoms with van der Waals surface area (Å²) in [4.78, 5) is 40.2. The lowest BCUT2D eigenvalue weighted by molar-refractivity contribution is -0.120. The van der Waals surface area contributed by atoms with E-state index in [1.165, 1.54) is 11.9 Å². The summed E-state index contributed by atoms with van der Waals surface area (Å²) in [5.74, 6) is 2.72. The van der Waals surface area contributed by atoms with Gasteiger partial charge in [-0.05, 0) is 74.1 Å². The average molecular weight is 523 g/mol. The lowest BCUT2D eigenvalue weighted by atomic mass is 9.86. The van der Waals surface area contributed by atoms with Crippen molar-refractivity contribution < 1.29 is 9.59 Å². The van der Waals surface area contributed by atoms with Crippen LogP contribution in [0.2, 0.25) is 0 Å². The molecule has 2 aromatic rings. The highest BCUT2D eigenvalue weighted by atomic mass is 32.2. The molecule has 198 valence electrons. The second-order valence-electron chi connectivity index (χ2n) is 11.7. The summed E-state index contributed by atoms with van der Waals surface area (Å²) >= 11 is 1.21. The molecule has 2 aromatic heterocycles. The molecule has 2 atom stereocenters. The molecule has 2 saturated heterocycles. The Labute approximate surface area is 224 Å². The molecular formula is C28H38N6O2S. The number of hydrogen-bond donors (Lipinski definition) is 2. The van der Waals surface area contributed by atoms with E-state index in [0.29, 0.717) is 29.7 Å². The number of aromatic nitrogens is 2. The van der Waals surface area contributed by atoms with E-state index in [-0.39, 0.29) is 23.1 Å². The monoisotopic (exact) mass is 522 g/mol. The predicted octanol–water partition coefficient (Wildman–Crippen LogP) is 5.12. The second-order valence-corrected chi connectivity index (χ2v) is 12.5. The number of rotatable bonds is 3. The Morgan fingerprint density at radius 2 is 1.92 bits per heavy atom. The van der Waals surface area contributed by atoms with Crippen molar-refractivity contribution in [1.82, 2.24) is 14.7 Å². The molecule has 0 aromatic carbocycles. The number of carbonyl (C=O) groups excluding carboxylic acids is 2. The summed E-state index contributed by atoms with van der Waals surface area (Å²) < 4.78 is 2.95. The highest BCUT2D eigenvalue weighted by Crippen LogP contribution is 2.34. The quantitative estimate of drug-likeness (QED) is 0.541. The van der Waals surface area contributed by atoms with Crippen LogP contribution in [0.5, 0.6) is 0 Å². The van der Waals surface area contributed by atoms with Gasteiger partial charge in [-0.2, -0.15) is 0 Å². The molecule has 2 N–H and O–H groups in total. The first-order valence-corrected chi connectivity index (χ1v) is 14.3. The van der Waals surface area contributed by atoms with Gasteiger partial charge in [0.25, 0.3) is 5.91 Å². The molecule has 0 radical (unpaired) electrons. The minimum absolute atomic E-state index is 0.0476. The third kappa shape index (κ3) is 6.20. The average Bonchev–Trinajstić information content (AvgIpc) is 3.49. The SMILES string of the molecule is CC(C)(C)CCC1CCN(c2ccc3c(n2)N2CC[C@H](CCCNc4cccc(n4)SNC3=O)C2)C1=O. The van der Waals surface area contributed by atoms with E-state index >= 15 is 0 Å². The van der Waals surface area contributed by atoms with Crippen LogP contribution in [0.3, 0.4) is 0 Å². The molecular weight excluding hydrogens is 484 g/mol. The molecule has 9 heteroatoms. The molecule has 0 saturated carbocycles. The lowest BCUT2D eigenvalue weighted by Gasteiger charge is -2.24. The van der Waals surface area contributed by atoms with Crippen molar-refractivity contribution in [3.63, 3.8) is 0 Å². The topological polar surface area (TPSA) is 90.5 Å². The summed E-state index contributed by atoms with van der Waals surface area (Å²) in [6.45, 7) is 9.95. The van der Waals surface area contributed by atoms with Gasteiger partial charge >= 0.3 is 0 Å². The van der Waals surface area contributed by atoms with E-state index in [9.17, 15) is 9.59 Å². The van der Waals surface area contributed by atoms with Crippen molar-refractivity contribution in [2.75, 3.05) is 41.3 Å². The standard InChI is InChI=1S/C28H38N6O2S/c1-28(2,3)14-11-20-13-17-34(27(20)36)23-10-9-21-25(31-23)33-16-12-19(18-33)6-5-15-29-22-7-4-8-24(30-22)37-32-26(21)35/h4,7-10,19-20H,5-6,11-18H2,1-3H3,(H,29,30)(H,32,35)/t19-,20?/m0/s1. The fourth-order valence-electron chi connectivity index (χ4n) is 5.44. The molecule has 5 rings (SSSR count). The van der Waals surface area contributed by atoms with Crippen LogP contribution < -0.4 is 19.8 Å². The Balaban J connectivity index is 1.40. The van der Waals surface area contributed by atoms with Crippen molar-refractivity contribution in [2.45, 2.75) is 64.3 Å². The van der Waals surface area contributed by atoms with Gasteiger partial charge in [0.1, 0.15) is 22.5 Å². The minimum atomic E-state index is -0.201. The first-order chi connectivity index (χ1) is 17.8. The highest BCUT2D eigenvalue weighted by Gasteiger charge is 2.35. The van der Waals surface area contributed by atoms with Gasteiger partial charge in [-0.1, -0.05) is 26.8 Å². The van der Waals surface area contributed by atoms with Crippen molar-refractivity contribution in [3.05, 3.63) is 35.9 Å². The fraction of sp³-hybridized carbons (Fsp3) is 0.571. The molecule has 0 spiro atoms. The molecule has 8 nitrogen and oxygen atoms in total. The van der Waals surface area contributed by atoms with Gasteiger partial charge in [0, 0.05) is 44.0 Å². The Morgan fingerprint density at radius 3 is 2.76 bits per heavy atom. The predicted molar refractivity (Wildman–Crippen MR) is 149 cm³/mol. The minimum Gasteiger partial charge on any atom is -0.370 e. The Kier molecular flexibility index (Phi) is 7.60. The van der Waals surface area contributed by atoms with Crippen LogP contribution in [0.15, 0.2) is 35.4 Å². The number of carbonyl (C=O) groups is 2. The number of anilines is 3. The maximum absolute atomic E-state index is 13.3. The fourth-order valence-corrected chi connectivity index (χ4v) is 6.04. The van der Waals surface area contributed by atoms with E-state index in [4.69, 9.17) is 4.98 Å². The van der Waals surface area contributed by atoms with Crippen molar-refractivity contribution in [1.29, 1.82) is 0 Å². The number of nitrogens with one attached hydrogen (secondary N) is 2. The lowest BCUT2D eigenvalue weighted by Crippen LogP contribution is -2.31. The van der Waals surface area contributed by atoms with Gasteiger partial charge in [0.2, 0.25) is 5.91 Å². The zero-order valence-electron chi connectivity index (χ0n) is 22.1. The number of amides is 2. The van der Waals surface area contributed by atoms with Crippen LogP contribution in [0.1, 0.15) is 69.7 Å². The number of hydrogen-bond acceptors (Lipinski definition) is 7.